The first-order valence-electron chi connectivity index (χ1n) is 9.37. The zero-order valence-corrected chi connectivity index (χ0v) is 18.7. The summed E-state index contributed by atoms with van der Waals surface area (Å²) in [4.78, 5) is 18.1. The molecule has 0 radical (unpaired) electrons. The number of nitrogens with one attached hydrogen (secondary N) is 1. The van der Waals surface area contributed by atoms with Crippen molar-refractivity contribution < 1.29 is 4.79 Å². The van der Waals surface area contributed by atoms with Crippen LogP contribution in [-0.2, 0) is 6.54 Å². The van der Waals surface area contributed by atoms with Crippen LogP contribution in [0, 0.1) is 6.92 Å². The van der Waals surface area contributed by atoms with Gasteiger partial charge < -0.3 is 5.32 Å². The second kappa shape index (κ2) is 9.28. The lowest BCUT2D eigenvalue weighted by molar-refractivity contribution is 0.102. The smallest absolute Gasteiger partial charge is 0.255 e. The van der Waals surface area contributed by atoms with E-state index < -0.39 is 0 Å². The number of carbonyl (C=O) groups is 1. The van der Waals surface area contributed by atoms with Gasteiger partial charge in [-0.05, 0) is 64.4 Å². The van der Waals surface area contributed by atoms with Crippen molar-refractivity contribution in [2.45, 2.75) is 23.5 Å². The van der Waals surface area contributed by atoms with Crippen molar-refractivity contribution in [3.63, 3.8) is 0 Å². The van der Waals surface area contributed by atoms with Crippen molar-refractivity contribution in [2.75, 3.05) is 5.32 Å². The van der Waals surface area contributed by atoms with Crippen LogP contribution in [0.15, 0.2) is 93.6 Å². The number of para-hydroxylation sites is 1. The van der Waals surface area contributed by atoms with Crippen molar-refractivity contribution in [3.8, 4) is 0 Å². The molecule has 7 heteroatoms. The molecule has 3 aromatic carbocycles. The number of amides is 1. The van der Waals surface area contributed by atoms with Crippen LogP contribution < -0.4 is 5.32 Å². The molecule has 0 fully saturated rings. The zero-order chi connectivity index (χ0) is 20.9. The molecule has 4 rings (SSSR count). The number of halogens is 1. The number of benzene rings is 3. The molecular formula is C23H19BrN4OS. The molecule has 1 amide bonds. The monoisotopic (exact) mass is 478 g/mol. The number of aryl methyl sites for hydroxylation is 1. The summed E-state index contributed by atoms with van der Waals surface area (Å²) in [6, 6.07) is 25.3. The Morgan fingerprint density at radius 2 is 1.80 bits per heavy atom. The highest BCUT2D eigenvalue weighted by atomic mass is 79.9. The van der Waals surface area contributed by atoms with Crippen molar-refractivity contribution in [1.29, 1.82) is 0 Å². The minimum absolute atomic E-state index is 0.140. The summed E-state index contributed by atoms with van der Waals surface area (Å²) in [7, 11) is 0. The Morgan fingerprint density at radius 1 is 1.03 bits per heavy atom. The first-order valence-corrected chi connectivity index (χ1v) is 11.0. The average molecular weight is 479 g/mol. The Morgan fingerprint density at radius 3 is 2.60 bits per heavy atom. The fraction of sp³-hybridized carbons (Fsp3) is 0.0870. The molecule has 0 bridgehead atoms. The summed E-state index contributed by atoms with van der Waals surface area (Å²) >= 11 is 4.85. The SMILES string of the molecule is Cc1cccc(C(=O)Nc2ccccc2Sc2nc(Br)nn2Cc2ccccc2)c1. The van der Waals surface area contributed by atoms with E-state index in [-0.39, 0.29) is 5.91 Å². The molecule has 5 nitrogen and oxygen atoms in total. The molecule has 0 unspecified atom stereocenters. The molecular weight excluding hydrogens is 460 g/mol. The van der Waals surface area contributed by atoms with Crippen molar-refractivity contribution in [2.24, 2.45) is 0 Å². The van der Waals surface area contributed by atoms with E-state index in [0.717, 1.165) is 26.9 Å². The quantitative estimate of drug-likeness (QED) is 0.380. The lowest BCUT2D eigenvalue weighted by Crippen LogP contribution is -2.12. The molecule has 0 aliphatic rings. The van der Waals surface area contributed by atoms with Crippen LogP contribution in [0.4, 0.5) is 5.69 Å². The fourth-order valence-electron chi connectivity index (χ4n) is 2.97. The van der Waals surface area contributed by atoms with Gasteiger partial charge in [0.15, 0.2) is 5.16 Å². The Kier molecular flexibility index (Phi) is 6.30. The second-order valence-electron chi connectivity index (χ2n) is 6.73. The van der Waals surface area contributed by atoms with E-state index in [4.69, 9.17) is 0 Å². The molecule has 150 valence electrons. The molecule has 0 spiro atoms. The van der Waals surface area contributed by atoms with Crippen LogP contribution in [0.2, 0.25) is 0 Å². The highest BCUT2D eigenvalue weighted by Gasteiger charge is 2.15. The molecule has 0 aliphatic carbocycles. The molecule has 1 heterocycles. The Balaban J connectivity index is 1.57. The molecule has 0 saturated heterocycles. The van der Waals surface area contributed by atoms with Crippen LogP contribution in [0.3, 0.4) is 0 Å². The van der Waals surface area contributed by atoms with Crippen LogP contribution in [-0.4, -0.2) is 20.7 Å². The minimum Gasteiger partial charge on any atom is -0.321 e. The van der Waals surface area contributed by atoms with Gasteiger partial charge in [0, 0.05) is 10.5 Å². The van der Waals surface area contributed by atoms with Gasteiger partial charge in [-0.25, -0.2) is 4.68 Å². The van der Waals surface area contributed by atoms with E-state index in [1.54, 1.807) is 0 Å². The number of rotatable bonds is 6. The van der Waals surface area contributed by atoms with E-state index in [1.165, 1.54) is 11.8 Å². The summed E-state index contributed by atoms with van der Waals surface area (Å²) in [6.07, 6.45) is 0. The minimum atomic E-state index is -0.140. The summed E-state index contributed by atoms with van der Waals surface area (Å²) in [5, 5.41) is 8.22. The maximum atomic E-state index is 12.7. The maximum Gasteiger partial charge on any atom is 0.255 e. The topological polar surface area (TPSA) is 59.8 Å². The second-order valence-corrected chi connectivity index (χ2v) is 8.45. The maximum absolute atomic E-state index is 12.7. The van der Waals surface area contributed by atoms with Gasteiger partial charge in [-0.2, -0.15) is 4.98 Å². The third-order valence-corrected chi connectivity index (χ3v) is 5.80. The van der Waals surface area contributed by atoms with E-state index in [9.17, 15) is 4.79 Å². The van der Waals surface area contributed by atoms with Gasteiger partial charge in [-0.15, -0.1) is 5.10 Å². The first-order chi connectivity index (χ1) is 14.6. The average Bonchev–Trinajstić information content (AvgIpc) is 3.08. The predicted octanol–water partition coefficient (Wildman–Crippen LogP) is 5.80. The number of nitrogens with zero attached hydrogens (tertiary/aromatic N) is 3. The number of hydrogen-bond acceptors (Lipinski definition) is 4. The third kappa shape index (κ3) is 4.98. The van der Waals surface area contributed by atoms with Crippen LogP contribution >= 0.6 is 27.7 Å². The standard InChI is InChI=1S/C23H19BrN4OS/c1-16-8-7-11-18(14-16)21(29)25-19-12-5-6-13-20(19)30-23-26-22(24)27-28(23)15-17-9-3-2-4-10-17/h2-14H,15H2,1H3,(H,25,29). The largest absolute Gasteiger partial charge is 0.321 e. The number of hydrogen-bond donors (Lipinski definition) is 1. The molecule has 1 N–H and O–H groups in total. The number of carbonyl (C=O) groups excluding carboxylic acids is 1. The van der Waals surface area contributed by atoms with Gasteiger partial charge in [-0.3, -0.25) is 4.79 Å². The van der Waals surface area contributed by atoms with Gasteiger partial charge in [0.05, 0.1) is 12.2 Å². The van der Waals surface area contributed by atoms with Crippen LogP contribution in [0.25, 0.3) is 0 Å². The molecule has 0 atom stereocenters. The molecule has 1 aromatic heterocycles. The summed E-state index contributed by atoms with van der Waals surface area (Å²) in [5.41, 5.74) is 3.55. The van der Waals surface area contributed by atoms with Gasteiger partial charge >= 0.3 is 0 Å². The molecule has 30 heavy (non-hydrogen) atoms. The highest BCUT2D eigenvalue weighted by Crippen LogP contribution is 2.33. The molecule has 4 aromatic rings. The molecule has 0 saturated carbocycles. The van der Waals surface area contributed by atoms with E-state index in [2.05, 4.69) is 43.5 Å². The highest BCUT2D eigenvalue weighted by molar-refractivity contribution is 9.10. The van der Waals surface area contributed by atoms with Crippen LogP contribution in [0.1, 0.15) is 21.5 Å². The summed E-state index contributed by atoms with van der Waals surface area (Å²) in [5.74, 6) is -0.140. The Labute approximate surface area is 187 Å². The van der Waals surface area contributed by atoms with Gasteiger partial charge in [-0.1, -0.05) is 60.2 Å². The van der Waals surface area contributed by atoms with E-state index in [1.807, 2.05) is 78.3 Å². The lowest BCUT2D eigenvalue weighted by Gasteiger charge is -2.11. The Hall–Kier alpha value is -2.90. The van der Waals surface area contributed by atoms with Gasteiger partial charge in [0.25, 0.3) is 5.91 Å². The fourth-order valence-corrected chi connectivity index (χ4v) is 4.37. The zero-order valence-electron chi connectivity index (χ0n) is 16.2. The van der Waals surface area contributed by atoms with E-state index in [0.29, 0.717) is 16.8 Å². The van der Waals surface area contributed by atoms with Crippen molar-refractivity contribution in [1.82, 2.24) is 14.8 Å². The van der Waals surface area contributed by atoms with Gasteiger partial charge in [0.1, 0.15) is 0 Å². The van der Waals surface area contributed by atoms with E-state index >= 15 is 0 Å². The normalized spacial score (nSPS) is 10.7. The van der Waals surface area contributed by atoms with Crippen molar-refractivity contribution >= 4 is 39.3 Å². The molecule has 0 aliphatic heterocycles. The lowest BCUT2D eigenvalue weighted by atomic mass is 10.1. The number of anilines is 1. The first kappa shape index (κ1) is 20.4. The number of aromatic nitrogens is 3. The Bertz CT molecular complexity index is 1180. The predicted molar refractivity (Wildman–Crippen MR) is 123 cm³/mol. The van der Waals surface area contributed by atoms with Gasteiger partial charge in [0.2, 0.25) is 4.73 Å². The summed E-state index contributed by atoms with van der Waals surface area (Å²) in [6.45, 7) is 2.58. The van der Waals surface area contributed by atoms with Crippen LogP contribution in [0.5, 0.6) is 0 Å². The van der Waals surface area contributed by atoms with Crippen molar-refractivity contribution in [3.05, 3.63) is 100 Å². The summed E-state index contributed by atoms with van der Waals surface area (Å²) < 4.78 is 2.38. The third-order valence-electron chi connectivity index (χ3n) is 4.40.